The van der Waals surface area contributed by atoms with E-state index in [1.54, 1.807) is 58.8 Å². The molecule has 4 rings (SSSR count). The molecule has 3 aliphatic heterocycles. The van der Waals surface area contributed by atoms with Crippen molar-refractivity contribution in [1.29, 1.82) is 0 Å². The van der Waals surface area contributed by atoms with E-state index in [-0.39, 0.29) is 43.5 Å². The standard InChI is InChI=1S/C28H37ClN2O5S/c1-6-14-30(19-10-8-18(29)9-11-19)25(34)23-28-13-12-27(5,37-28)22(26(35)36-7-2)21(28)24(33)31(23)20(16-32)15-17(3)4/h6,8-11,17,20-23,32H,1,7,12-16H2,2-5H3/t20-,21+,22+,23?,27-,28?/m1/s1. The van der Waals surface area contributed by atoms with Crippen LogP contribution >= 0.6 is 23.4 Å². The van der Waals surface area contributed by atoms with Gasteiger partial charge in [-0.2, -0.15) is 0 Å². The molecule has 3 aliphatic rings. The number of ether oxygens (including phenoxy) is 1. The number of thioether (sulfide) groups is 1. The summed E-state index contributed by atoms with van der Waals surface area (Å²) in [4.78, 5) is 45.3. The molecule has 3 heterocycles. The van der Waals surface area contributed by atoms with E-state index in [4.69, 9.17) is 16.3 Å². The Bertz CT molecular complexity index is 1070. The van der Waals surface area contributed by atoms with Crippen molar-refractivity contribution >= 4 is 46.8 Å². The third kappa shape index (κ3) is 4.59. The molecule has 2 amide bonds. The number of rotatable bonds is 10. The normalized spacial score (nSPS) is 30.9. The molecule has 1 spiro atoms. The number of esters is 1. The van der Waals surface area contributed by atoms with Gasteiger partial charge in [0.15, 0.2) is 0 Å². The Morgan fingerprint density at radius 1 is 1.32 bits per heavy atom. The fraction of sp³-hybridized carbons (Fsp3) is 0.607. The quantitative estimate of drug-likeness (QED) is 0.346. The monoisotopic (exact) mass is 548 g/mol. The first-order chi connectivity index (χ1) is 17.5. The zero-order valence-electron chi connectivity index (χ0n) is 22.0. The van der Waals surface area contributed by atoms with Crippen molar-refractivity contribution in [2.24, 2.45) is 17.8 Å². The number of halogens is 1. The summed E-state index contributed by atoms with van der Waals surface area (Å²) in [5.41, 5.74) is 0.650. The summed E-state index contributed by atoms with van der Waals surface area (Å²) in [6.45, 7) is 11.9. The van der Waals surface area contributed by atoms with Gasteiger partial charge in [-0.1, -0.05) is 31.5 Å². The lowest BCUT2D eigenvalue weighted by Gasteiger charge is -2.40. The number of amides is 2. The van der Waals surface area contributed by atoms with Crippen LogP contribution in [0, 0.1) is 17.8 Å². The number of likely N-dealkylation sites (tertiary alicyclic amines) is 1. The maximum Gasteiger partial charge on any atom is 0.311 e. The van der Waals surface area contributed by atoms with Crippen molar-refractivity contribution in [3.63, 3.8) is 0 Å². The van der Waals surface area contributed by atoms with Crippen LogP contribution in [0.3, 0.4) is 0 Å². The summed E-state index contributed by atoms with van der Waals surface area (Å²) in [6, 6.07) is 5.64. The summed E-state index contributed by atoms with van der Waals surface area (Å²) in [5.74, 6) is -1.97. The van der Waals surface area contributed by atoms with Crippen molar-refractivity contribution in [2.45, 2.75) is 68.5 Å². The summed E-state index contributed by atoms with van der Waals surface area (Å²) in [7, 11) is 0. The molecular weight excluding hydrogens is 512 g/mol. The summed E-state index contributed by atoms with van der Waals surface area (Å²) in [5, 5.41) is 11.0. The number of carbonyl (C=O) groups excluding carboxylic acids is 3. The maximum atomic E-state index is 14.6. The molecule has 0 saturated carbocycles. The topological polar surface area (TPSA) is 87.2 Å². The van der Waals surface area contributed by atoms with Gasteiger partial charge < -0.3 is 19.6 Å². The highest BCUT2D eigenvalue weighted by Crippen LogP contribution is 2.72. The SMILES string of the molecule is C=CCN(C(=O)C1N([C@@H](CO)CC(C)C)C(=O)[C@@H]2[C@@H](C(=O)OCC)[C@@]3(C)CCC12S3)c1ccc(Cl)cc1. The van der Waals surface area contributed by atoms with E-state index in [0.717, 1.165) is 0 Å². The molecule has 1 aromatic carbocycles. The summed E-state index contributed by atoms with van der Waals surface area (Å²) < 4.78 is 4.18. The predicted octanol–water partition coefficient (Wildman–Crippen LogP) is 4.31. The highest BCUT2D eigenvalue weighted by molar-refractivity contribution is 8.02. The number of nitrogens with zero attached hydrogens (tertiary/aromatic N) is 2. The van der Waals surface area contributed by atoms with Crippen LogP contribution in [-0.4, -0.2) is 69.1 Å². The molecule has 2 unspecified atom stereocenters. The van der Waals surface area contributed by atoms with Crippen LogP contribution in [0.15, 0.2) is 36.9 Å². The highest BCUT2D eigenvalue weighted by Gasteiger charge is 2.78. The fourth-order valence-electron chi connectivity index (χ4n) is 6.67. The van der Waals surface area contributed by atoms with Gasteiger partial charge in [-0.25, -0.2) is 0 Å². The van der Waals surface area contributed by atoms with Crippen LogP contribution in [0.1, 0.15) is 47.0 Å². The molecule has 0 radical (unpaired) electrons. The summed E-state index contributed by atoms with van der Waals surface area (Å²) in [6.07, 6.45) is 3.54. The second-order valence-corrected chi connectivity index (χ2v) is 13.2. The Morgan fingerprint density at radius 2 is 2.00 bits per heavy atom. The minimum absolute atomic E-state index is 0.196. The van der Waals surface area contributed by atoms with Crippen LogP contribution in [0.2, 0.25) is 5.02 Å². The Balaban J connectivity index is 1.85. The predicted molar refractivity (Wildman–Crippen MR) is 147 cm³/mol. The van der Waals surface area contributed by atoms with Crippen molar-refractivity contribution in [2.75, 3.05) is 24.7 Å². The first kappa shape index (κ1) is 28.0. The molecule has 9 heteroatoms. The van der Waals surface area contributed by atoms with Gasteiger partial charge in [-0.3, -0.25) is 14.4 Å². The van der Waals surface area contributed by atoms with Crippen molar-refractivity contribution in [3.8, 4) is 0 Å². The minimum Gasteiger partial charge on any atom is -0.466 e. The van der Waals surface area contributed by atoms with E-state index in [1.165, 1.54) is 0 Å². The Kier molecular flexibility index (Phi) is 8.03. The van der Waals surface area contributed by atoms with Crippen LogP contribution < -0.4 is 4.90 Å². The lowest BCUT2D eigenvalue weighted by atomic mass is 9.66. The van der Waals surface area contributed by atoms with Gasteiger partial charge in [0.1, 0.15) is 6.04 Å². The minimum atomic E-state index is -0.831. The fourth-order valence-corrected chi connectivity index (χ4v) is 9.12. The first-order valence-electron chi connectivity index (χ1n) is 13.0. The average Bonchev–Trinajstić information content (AvgIpc) is 3.42. The molecule has 1 N–H and O–H groups in total. The number of anilines is 1. The molecule has 6 atom stereocenters. The van der Waals surface area contributed by atoms with Crippen molar-refractivity contribution < 1.29 is 24.2 Å². The van der Waals surface area contributed by atoms with E-state index in [1.807, 2.05) is 20.8 Å². The highest BCUT2D eigenvalue weighted by atomic mass is 35.5. The van der Waals surface area contributed by atoms with Gasteiger partial charge in [-0.05, 0) is 63.3 Å². The van der Waals surface area contributed by atoms with E-state index in [9.17, 15) is 19.5 Å². The second kappa shape index (κ2) is 10.6. The number of aliphatic hydroxyl groups is 1. The van der Waals surface area contributed by atoms with E-state index < -0.39 is 33.4 Å². The van der Waals surface area contributed by atoms with Gasteiger partial charge in [-0.15, -0.1) is 18.3 Å². The number of hydrogen-bond donors (Lipinski definition) is 1. The molecular formula is C28H37ClN2O5S. The smallest absolute Gasteiger partial charge is 0.311 e. The second-order valence-electron chi connectivity index (χ2n) is 10.9. The molecule has 3 fully saturated rings. The molecule has 0 aliphatic carbocycles. The van der Waals surface area contributed by atoms with Gasteiger partial charge in [0.05, 0.1) is 35.8 Å². The van der Waals surface area contributed by atoms with E-state index in [2.05, 4.69) is 6.58 Å². The molecule has 7 nitrogen and oxygen atoms in total. The molecule has 1 aromatic rings. The lowest BCUT2D eigenvalue weighted by Crippen LogP contribution is -2.57. The average molecular weight is 549 g/mol. The van der Waals surface area contributed by atoms with E-state index in [0.29, 0.717) is 30.0 Å². The van der Waals surface area contributed by atoms with E-state index >= 15 is 0 Å². The third-order valence-electron chi connectivity index (χ3n) is 8.05. The van der Waals surface area contributed by atoms with Gasteiger partial charge in [0.2, 0.25) is 5.91 Å². The zero-order chi connectivity index (χ0) is 27.1. The largest absolute Gasteiger partial charge is 0.466 e. The summed E-state index contributed by atoms with van der Waals surface area (Å²) >= 11 is 7.71. The van der Waals surface area contributed by atoms with Crippen LogP contribution in [0.4, 0.5) is 5.69 Å². The van der Waals surface area contributed by atoms with Crippen LogP contribution in [0.5, 0.6) is 0 Å². The molecule has 37 heavy (non-hydrogen) atoms. The lowest BCUT2D eigenvalue weighted by molar-refractivity contribution is -0.155. The molecule has 0 aromatic heterocycles. The van der Waals surface area contributed by atoms with Gasteiger partial charge in [0, 0.05) is 22.0 Å². The van der Waals surface area contributed by atoms with Gasteiger partial charge >= 0.3 is 5.97 Å². The Hall–Kier alpha value is -2.03. The number of aliphatic hydroxyl groups excluding tert-OH is 1. The number of hydrogen-bond acceptors (Lipinski definition) is 6. The number of fused-ring (bicyclic) bond motifs is 1. The van der Waals surface area contributed by atoms with Crippen LogP contribution in [-0.2, 0) is 19.1 Å². The zero-order valence-corrected chi connectivity index (χ0v) is 23.6. The van der Waals surface area contributed by atoms with Crippen molar-refractivity contribution in [1.82, 2.24) is 4.90 Å². The first-order valence-corrected chi connectivity index (χ1v) is 14.2. The van der Waals surface area contributed by atoms with Crippen molar-refractivity contribution in [3.05, 3.63) is 41.9 Å². The number of benzene rings is 1. The molecule has 202 valence electrons. The maximum absolute atomic E-state index is 14.6. The molecule has 2 bridgehead atoms. The number of carbonyl (C=O) groups is 3. The van der Waals surface area contributed by atoms with Gasteiger partial charge in [0.25, 0.3) is 5.91 Å². The Labute approximate surface area is 228 Å². The molecule has 3 saturated heterocycles. The third-order valence-corrected chi connectivity index (χ3v) is 10.3. The Morgan fingerprint density at radius 3 is 2.57 bits per heavy atom. The van der Waals surface area contributed by atoms with Crippen LogP contribution in [0.25, 0.3) is 0 Å².